The minimum absolute atomic E-state index is 0.0126. The normalized spacial score (nSPS) is 22.1. The Morgan fingerprint density at radius 2 is 1.67 bits per heavy atom. The average Bonchev–Trinajstić information content (AvgIpc) is 2.68. The fourth-order valence-corrected chi connectivity index (χ4v) is 3.79. The molecule has 0 unspecified atom stereocenters. The van der Waals surface area contributed by atoms with Crippen molar-refractivity contribution < 1.29 is 14.7 Å². The number of amides is 2. The summed E-state index contributed by atoms with van der Waals surface area (Å²) in [5.74, 6) is 1.07. The highest BCUT2D eigenvalue weighted by Crippen LogP contribution is 2.33. The number of aliphatic hydroxyl groups is 1. The second kappa shape index (κ2) is 10.5. The van der Waals surface area contributed by atoms with Crippen LogP contribution in [-0.4, -0.2) is 35.6 Å². The van der Waals surface area contributed by atoms with Crippen molar-refractivity contribution in [2.24, 2.45) is 17.8 Å². The van der Waals surface area contributed by atoms with Gasteiger partial charge in [-0.05, 0) is 50.0 Å². The van der Waals surface area contributed by atoms with E-state index in [0.717, 1.165) is 31.2 Å². The summed E-state index contributed by atoms with van der Waals surface area (Å²) in [7, 11) is 0. The molecule has 1 aromatic rings. The van der Waals surface area contributed by atoms with Gasteiger partial charge in [0.1, 0.15) is 6.04 Å². The molecule has 0 aromatic heterocycles. The number of hydrogen-bond acceptors (Lipinski definition) is 3. The fraction of sp³-hybridized carbons (Fsp3) is 0.636. The predicted octanol–water partition coefficient (Wildman–Crippen LogP) is 2.67. The molecular formula is C22H34N2O3. The summed E-state index contributed by atoms with van der Waals surface area (Å²) < 4.78 is 0. The first-order chi connectivity index (χ1) is 12.9. The maximum absolute atomic E-state index is 12.8. The molecule has 0 aliphatic heterocycles. The lowest BCUT2D eigenvalue weighted by molar-refractivity contribution is -0.132. The van der Waals surface area contributed by atoms with Crippen LogP contribution in [0.25, 0.3) is 0 Å². The van der Waals surface area contributed by atoms with E-state index in [1.807, 2.05) is 30.3 Å². The molecule has 2 rings (SSSR count). The first-order valence-corrected chi connectivity index (χ1v) is 10.2. The van der Waals surface area contributed by atoms with Gasteiger partial charge in [0.15, 0.2) is 0 Å². The Bertz CT molecular complexity index is 595. The largest absolute Gasteiger partial charge is 0.394 e. The minimum Gasteiger partial charge on any atom is -0.394 e. The van der Waals surface area contributed by atoms with Crippen LogP contribution in [0.5, 0.6) is 0 Å². The number of carbonyl (C=O) groups is 2. The van der Waals surface area contributed by atoms with E-state index in [1.54, 1.807) is 6.92 Å². The highest BCUT2D eigenvalue weighted by atomic mass is 16.3. The Kier molecular flexibility index (Phi) is 8.29. The molecule has 3 N–H and O–H groups in total. The summed E-state index contributed by atoms with van der Waals surface area (Å²) in [6.45, 7) is 6.10. The number of nitrogens with one attached hydrogen (secondary N) is 2. The Balaban J connectivity index is 2.00. The first kappa shape index (κ1) is 21.4. The van der Waals surface area contributed by atoms with Gasteiger partial charge in [0, 0.05) is 18.4 Å². The van der Waals surface area contributed by atoms with Crippen molar-refractivity contribution in [2.75, 3.05) is 6.61 Å². The van der Waals surface area contributed by atoms with Gasteiger partial charge in [-0.25, -0.2) is 0 Å². The van der Waals surface area contributed by atoms with Gasteiger partial charge in [0.25, 0.3) is 0 Å². The minimum atomic E-state index is -0.628. The highest BCUT2D eigenvalue weighted by molar-refractivity contribution is 5.88. The third-order valence-corrected chi connectivity index (χ3v) is 5.66. The Morgan fingerprint density at radius 1 is 1.04 bits per heavy atom. The summed E-state index contributed by atoms with van der Waals surface area (Å²) in [5.41, 5.74) is 0.998. The lowest BCUT2D eigenvalue weighted by Crippen LogP contribution is -2.52. The average molecular weight is 375 g/mol. The molecule has 5 nitrogen and oxygen atoms in total. The molecule has 1 aromatic carbocycles. The summed E-state index contributed by atoms with van der Waals surface area (Å²) in [4.78, 5) is 25.4. The van der Waals surface area contributed by atoms with E-state index in [9.17, 15) is 14.7 Å². The molecule has 0 saturated heterocycles. The molecule has 0 spiro atoms. The predicted molar refractivity (Wildman–Crippen MR) is 107 cm³/mol. The SMILES string of the molecule is CC(C)C1CCC(C(=O)N[C@@H](Cc2ccccc2)C(=O)N[C@H](C)CO)CC1. The van der Waals surface area contributed by atoms with E-state index in [1.165, 1.54) is 0 Å². The van der Waals surface area contributed by atoms with Crippen LogP contribution in [0, 0.1) is 17.8 Å². The van der Waals surface area contributed by atoms with Crippen molar-refractivity contribution in [3.63, 3.8) is 0 Å². The van der Waals surface area contributed by atoms with Crippen LogP contribution in [-0.2, 0) is 16.0 Å². The number of hydrogen-bond donors (Lipinski definition) is 3. The molecule has 1 fully saturated rings. The second-order valence-corrected chi connectivity index (χ2v) is 8.20. The van der Waals surface area contributed by atoms with Crippen molar-refractivity contribution in [1.29, 1.82) is 0 Å². The van der Waals surface area contributed by atoms with Gasteiger partial charge < -0.3 is 15.7 Å². The number of benzene rings is 1. The zero-order valence-electron chi connectivity index (χ0n) is 16.8. The zero-order valence-corrected chi connectivity index (χ0v) is 16.8. The molecule has 1 aliphatic rings. The van der Waals surface area contributed by atoms with Crippen LogP contribution in [0.3, 0.4) is 0 Å². The van der Waals surface area contributed by atoms with Crippen molar-refractivity contribution in [3.05, 3.63) is 35.9 Å². The van der Waals surface area contributed by atoms with E-state index in [4.69, 9.17) is 0 Å². The molecule has 0 radical (unpaired) electrons. The van der Waals surface area contributed by atoms with Crippen LogP contribution in [0.4, 0.5) is 0 Å². The molecule has 2 atom stereocenters. The summed E-state index contributed by atoms with van der Waals surface area (Å²) >= 11 is 0. The third kappa shape index (κ3) is 6.65. The maximum atomic E-state index is 12.8. The summed E-state index contributed by atoms with van der Waals surface area (Å²) in [5, 5.41) is 15.0. The van der Waals surface area contributed by atoms with Crippen molar-refractivity contribution >= 4 is 11.8 Å². The lowest BCUT2D eigenvalue weighted by atomic mass is 9.76. The monoisotopic (exact) mass is 374 g/mol. The van der Waals surface area contributed by atoms with Crippen LogP contribution in [0.15, 0.2) is 30.3 Å². The van der Waals surface area contributed by atoms with Crippen LogP contribution < -0.4 is 10.6 Å². The van der Waals surface area contributed by atoms with E-state index < -0.39 is 6.04 Å². The molecule has 5 heteroatoms. The van der Waals surface area contributed by atoms with E-state index in [0.29, 0.717) is 18.3 Å². The Labute approximate surface area is 162 Å². The lowest BCUT2D eigenvalue weighted by Gasteiger charge is -2.31. The zero-order chi connectivity index (χ0) is 19.8. The number of aliphatic hydroxyl groups excluding tert-OH is 1. The Morgan fingerprint density at radius 3 is 2.22 bits per heavy atom. The first-order valence-electron chi connectivity index (χ1n) is 10.2. The summed E-state index contributed by atoms with van der Waals surface area (Å²) in [6.07, 6.45) is 4.38. The molecule has 0 heterocycles. The van der Waals surface area contributed by atoms with E-state index in [-0.39, 0.29) is 30.4 Å². The topological polar surface area (TPSA) is 78.4 Å². The highest BCUT2D eigenvalue weighted by Gasteiger charge is 2.30. The molecule has 150 valence electrons. The van der Waals surface area contributed by atoms with Crippen LogP contribution >= 0.6 is 0 Å². The third-order valence-electron chi connectivity index (χ3n) is 5.66. The van der Waals surface area contributed by atoms with Crippen molar-refractivity contribution in [2.45, 2.75) is 65.0 Å². The van der Waals surface area contributed by atoms with Gasteiger partial charge in [-0.2, -0.15) is 0 Å². The molecule has 2 amide bonds. The van der Waals surface area contributed by atoms with Crippen molar-refractivity contribution in [3.8, 4) is 0 Å². The summed E-state index contributed by atoms with van der Waals surface area (Å²) in [6, 6.07) is 8.72. The van der Waals surface area contributed by atoms with Crippen molar-refractivity contribution in [1.82, 2.24) is 10.6 Å². The molecule has 27 heavy (non-hydrogen) atoms. The maximum Gasteiger partial charge on any atom is 0.243 e. The van der Waals surface area contributed by atoms with E-state index in [2.05, 4.69) is 24.5 Å². The molecule has 1 saturated carbocycles. The van der Waals surface area contributed by atoms with Gasteiger partial charge in [0.2, 0.25) is 11.8 Å². The molecule has 0 bridgehead atoms. The van der Waals surface area contributed by atoms with Gasteiger partial charge in [-0.1, -0.05) is 44.2 Å². The Hall–Kier alpha value is -1.88. The smallest absolute Gasteiger partial charge is 0.243 e. The quantitative estimate of drug-likeness (QED) is 0.655. The molecule has 1 aliphatic carbocycles. The van der Waals surface area contributed by atoms with Gasteiger partial charge in [-0.15, -0.1) is 0 Å². The second-order valence-electron chi connectivity index (χ2n) is 8.20. The number of rotatable bonds is 8. The number of carbonyl (C=O) groups excluding carboxylic acids is 2. The van der Waals surface area contributed by atoms with Crippen LogP contribution in [0.1, 0.15) is 52.0 Å². The van der Waals surface area contributed by atoms with E-state index >= 15 is 0 Å². The van der Waals surface area contributed by atoms with Gasteiger partial charge in [0.05, 0.1) is 6.61 Å². The van der Waals surface area contributed by atoms with Crippen LogP contribution in [0.2, 0.25) is 0 Å². The molecular weight excluding hydrogens is 340 g/mol. The fourth-order valence-electron chi connectivity index (χ4n) is 3.79. The standard InChI is InChI=1S/C22H34N2O3/c1-15(2)18-9-11-19(12-10-18)21(26)24-20(22(27)23-16(3)14-25)13-17-7-5-4-6-8-17/h4-8,15-16,18-20,25H,9-14H2,1-3H3,(H,23,27)(H,24,26)/t16-,18?,19?,20+/m1/s1. The van der Waals surface area contributed by atoms with Gasteiger partial charge in [-0.3, -0.25) is 9.59 Å². The van der Waals surface area contributed by atoms with Gasteiger partial charge >= 0.3 is 0 Å².